The molecule has 0 aliphatic rings. The zero-order valence-electron chi connectivity index (χ0n) is 14.1. The molecule has 0 bridgehead atoms. The van der Waals surface area contributed by atoms with Crippen molar-refractivity contribution in [3.05, 3.63) is 59.9 Å². The number of amides is 2. The van der Waals surface area contributed by atoms with Gasteiger partial charge in [0.15, 0.2) is 0 Å². The summed E-state index contributed by atoms with van der Waals surface area (Å²) in [4.78, 5) is 29.3. The summed E-state index contributed by atoms with van der Waals surface area (Å²) in [6, 6.07) is 7.94. The molecule has 26 heavy (non-hydrogen) atoms. The Labute approximate surface area is 148 Å². The molecule has 0 radical (unpaired) electrons. The lowest BCUT2D eigenvalue weighted by Crippen LogP contribution is -2.32. The van der Waals surface area contributed by atoms with E-state index in [4.69, 9.17) is 0 Å². The van der Waals surface area contributed by atoms with Gasteiger partial charge in [0.2, 0.25) is 11.8 Å². The van der Waals surface area contributed by atoms with E-state index in [1.54, 1.807) is 19.4 Å². The van der Waals surface area contributed by atoms with E-state index >= 15 is 0 Å². The van der Waals surface area contributed by atoms with Gasteiger partial charge >= 0.3 is 6.18 Å². The zero-order valence-corrected chi connectivity index (χ0v) is 14.1. The number of nitrogens with one attached hydrogen (secondary N) is 1. The maximum Gasteiger partial charge on any atom is 0.416 e. The largest absolute Gasteiger partial charge is 0.416 e. The molecular weight excluding hydrogens is 347 g/mol. The van der Waals surface area contributed by atoms with Gasteiger partial charge in [0, 0.05) is 31.7 Å². The SMILES string of the molecule is CN(CCc1ccncc1)C(=O)CC(=O)Nc1cccc(C(F)(F)F)c1. The van der Waals surface area contributed by atoms with Crippen LogP contribution in [0.2, 0.25) is 0 Å². The number of rotatable bonds is 6. The molecule has 0 saturated carbocycles. The fourth-order valence-electron chi connectivity index (χ4n) is 2.22. The molecule has 0 saturated heterocycles. The smallest absolute Gasteiger partial charge is 0.345 e. The van der Waals surface area contributed by atoms with Crippen LogP contribution in [-0.2, 0) is 22.2 Å². The first kappa shape index (κ1) is 19.4. The van der Waals surface area contributed by atoms with Gasteiger partial charge in [-0.05, 0) is 42.3 Å². The molecule has 0 aliphatic heterocycles. The Balaban J connectivity index is 1.86. The van der Waals surface area contributed by atoms with Crippen LogP contribution in [0, 0.1) is 0 Å². The number of aromatic nitrogens is 1. The van der Waals surface area contributed by atoms with Crippen molar-refractivity contribution in [2.24, 2.45) is 0 Å². The van der Waals surface area contributed by atoms with E-state index in [1.165, 1.54) is 17.0 Å². The van der Waals surface area contributed by atoms with E-state index in [0.29, 0.717) is 13.0 Å². The Bertz CT molecular complexity index is 764. The summed E-state index contributed by atoms with van der Waals surface area (Å²) in [6.45, 7) is 0.416. The minimum atomic E-state index is -4.50. The third-order valence-electron chi connectivity index (χ3n) is 3.70. The summed E-state index contributed by atoms with van der Waals surface area (Å²) in [6.07, 6.45) is -1.02. The second-order valence-electron chi connectivity index (χ2n) is 5.72. The third kappa shape index (κ3) is 5.87. The number of carbonyl (C=O) groups is 2. The number of anilines is 1. The van der Waals surface area contributed by atoms with Crippen LogP contribution in [-0.4, -0.2) is 35.3 Å². The predicted octanol–water partition coefficient (Wildman–Crippen LogP) is 3.13. The maximum atomic E-state index is 12.7. The molecule has 138 valence electrons. The third-order valence-corrected chi connectivity index (χ3v) is 3.70. The van der Waals surface area contributed by atoms with Gasteiger partial charge in [0.25, 0.3) is 0 Å². The number of carbonyl (C=O) groups excluding carboxylic acids is 2. The van der Waals surface area contributed by atoms with Crippen LogP contribution in [0.15, 0.2) is 48.8 Å². The molecule has 1 N–H and O–H groups in total. The maximum absolute atomic E-state index is 12.7. The molecule has 0 atom stereocenters. The fourth-order valence-corrected chi connectivity index (χ4v) is 2.22. The molecule has 0 unspecified atom stereocenters. The highest BCUT2D eigenvalue weighted by atomic mass is 19.4. The van der Waals surface area contributed by atoms with Crippen LogP contribution in [0.25, 0.3) is 0 Å². The summed E-state index contributed by atoms with van der Waals surface area (Å²) < 4.78 is 38.0. The molecule has 2 aromatic rings. The van der Waals surface area contributed by atoms with Gasteiger partial charge in [-0.3, -0.25) is 14.6 Å². The van der Waals surface area contributed by atoms with Crippen molar-refractivity contribution in [2.75, 3.05) is 18.9 Å². The number of pyridine rings is 1. The van der Waals surface area contributed by atoms with E-state index in [9.17, 15) is 22.8 Å². The molecule has 0 aliphatic carbocycles. The normalized spacial score (nSPS) is 11.1. The van der Waals surface area contributed by atoms with Crippen LogP contribution < -0.4 is 5.32 Å². The van der Waals surface area contributed by atoms with Crippen molar-refractivity contribution in [1.82, 2.24) is 9.88 Å². The second kappa shape index (κ2) is 8.46. The van der Waals surface area contributed by atoms with Gasteiger partial charge in [-0.2, -0.15) is 13.2 Å². The average molecular weight is 365 g/mol. The minimum absolute atomic E-state index is 0.00272. The van der Waals surface area contributed by atoms with E-state index in [-0.39, 0.29) is 5.69 Å². The van der Waals surface area contributed by atoms with E-state index in [1.807, 2.05) is 12.1 Å². The van der Waals surface area contributed by atoms with Gasteiger partial charge < -0.3 is 10.2 Å². The van der Waals surface area contributed by atoms with Gasteiger partial charge in [0.1, 0.15) is 6.42 Å². The first-order valence-electron chi connectivity index (χ1n) is 7.85. The zero-order chi connectivity index (χ0) is 19.2. The molecule has 0 fully saturated rings. The molecule has 0 spiro atoms. The first-order chi connectivity index (χ1) is 12.3. The molecule has 5 nitrogen and oxygen atoms in total. The highest BCUT2D eigenvalue weighted by molar-refractivity contribution is 6.03. The molecule has 1 aromatic heterocycles. The Kier molecular flexibility index (Phi) is 6.32. The lowest BCUT2D eigenvalue weighted by atomic mass is 10.2. The van der Waals surface area contributed by atoms with E-state index in [2.05, 4.69) is 10.3 Å². The predicted molar refractivity (Wildman–Crippen MR) is 90.3 cm³/mol. The van der Waals surface area contributed by atoms with Crippen LogP contribution in [0.4, 0.5) is 18.9 Å². The van der Waals surface area contributed by atoms with Crippen molar-refractivity contribution in [1.29, 1.82) is 0 Å². The fraction of sp³-hybridized carbons (Fsp3) is 0.278. The number of benzene rings is 1. The van der Waals surface area contributed by atoms with Crippen LogP contribution in [0.3, 0.4) is 0 Å². The highest BCUT2D eigenvalue weighted by Crippen LogP contribution is 2.30. The Morgan fingerprint density at radius 1 is 1.15 bits per heavy atom. The molecule has 1 aromatic carbocycles. The number of likely N-dealkylation sites (N-methyl/N-ethyl adjacent to an activating group) is 1. The van der Waals surface area contributed by atoms with E-state index < -0.39 is 30.0 Å². The molecule has 1 heterocycles. The number of halogens is 3. The molecule has 8 heteroatoms. The number of hydrogen-bond acceptors (Lipinski definition) is 3. The highest BCUT2D eigenvalue weighted by Gasteiger charge is 2.30. The summed E-state index contributed by atoms with van der Waals surface area (Å²) in [7, 11) is 1.57. The Hall–Kier alpha value is -2.90. The number of alkyl halides is 3. The molecule has 2 amide bonds. The standard InChI is InChI=1S/C18H18F3N3O2/c1-24(10-7-13-5-8-22-9-6-13)17(26)12-16(25)23-15-4-2-3-14(11-15)18(19,20)21/h2-6,8-9,11H,7,10,12H2,1H3,(H,23,25). The quantitative estimate of drug-likeness (QED) is 0.800. The minimum Gasteiger partial charge on any atom is -0.345 e. The summed E-state index contributed by atoms with van der Waals surface area (Å²) >= 11 is 0. The van der Waals surface area contributed by atoms with Crippen molar-refractivity contribution >= 4 is 17.5 Å². The van der Waals surface area contributed by atoms with Gasteiger partial charge in [-0.15, -0.1) is 0 Å². The Morgan fingerprint density at radius 2 is 1.85 bits per heavy atom. The van der Waals surface area contributed by atoms with Gasteiger partial charge in [-0.25, -0.2) is 0 Å². The van der Waals surface area contributed by atoms with Crippen molar-refractivity contribution < 1.29 is 22.8 Å². The van der Waals surface area contributed by atoms with Gasteiger partial charge in [0.05, 0.1) is 5.56 Å². The first-order valence-corrected chi connectivity index (χ1v) is 7.85. The van der Waals surface area contributed by atoms with Crippen molar-refractivity contribution in [3.63, 3.8) is 0 Å². The average Bonchev–Trinajstić information content (AvgIpc) is 2.60. The summed E-state index contributed by atoms with van der Waals surface area (Å²) in [5, 5.41) is 2.32. The van der Waals surface area contributed by atoms with Crippen LogP contribution >= 0.6 is 0 Å². The van der Waals surface area contributed by atoms with Crippen LogP contribution in [0.5, 0.6) is 0 Å². The lowest BCUT2D eigenvalue weighted by molar-refractivity contribution is -0.138. The summed E-state index contributed by atoms with van der Waals surface area (Å²) in [5.41, 5.74) is 0.140. The van der Waals surface area contributed by atoms with E-state index in [0.717, 1.165) is 17.7 Å². The second-order valence-corrected chi connectivity index (χ2v) is 5.72. The monoisotopic (exact) mass is 365 g/mol. The van der Waals surface area contributed by atoms with Crippen molar-refractivity contribution in [3.8, 4) is 0 Å². The van der Waals surface area contributed by atoms with Crippen molar-refractivity contribution in [2.45, 2.75) is 19.0 Å². The van der Waals surface area contributed by atoms with Gasteiger partial charge in [-0.1, -0.05) is 6.07 Å². The lowest BCUT2D eigenvalue weighted by Gasteiger charge is -2.17. The topological polar surface area (TPSA) is 62.3 Å². The Morgan fingerprint density at radius 3 is 2.50 bits per heavy atom. The van der Waals surface area contributed by atoms with Crippen LogP contribution in [0.1, 0.15) is 17.5 Å². The number of nitrogens with zero attached hydrogens (tertiary/aromatic N) is 2. The number of hydrogen-bond donors (Lipinski definition) is 1. The molecular formula is C18H18F3N3O2. The summed E-state index contributed by atoms with van der Waals surface area (Å²) in [5.74, 6) is -1.08. The molecule has 2 rings (SSSR count).